The predicted octanol–water partition coefficient (Wildman–Crippen LogP) is 3.59. The summed E-state index contributed by atoms with van der Waals surface area (Å²) in [5.74, 6) is 0. The smallest absolute Gasteiger partial charge is 0.253 e. The van der Waals surface area contributed by atoms with Crippen LogP contribution in [0.25, 0.3) is 0 Å². The minimum absolute atomic E-state index is 0.197. The monoisotopic (exact) mass is 303 g/mol. The van der Waals surface area contributed by atoms with Crippen LogP contribution in [0.4, 0.5) is 8.78 Å². The summed E-state index contributed by atoms with van der Waals surface area (Å²) in [6.45, 7) is 1.69. The van der Waals surface area contributed by atoms with E-state index >= 15 is 0 Å². The second-order valence-corrected chi connectivity index (χ2v) is 3.72. The van der Waals surface area contributed by atoms with Crippen LogP contribution >= 0.6 is 34.2 Å². The van der Waals surface area contributed by atoms with Gasteiger partial charge in [-0.3, -0.25) is 4.98 Å². The minimum Gasteiger partial charge on any atom is -0.253 e. The van der Waals surface area contributed by atoms with Crippen molar-refractivity contribution in [2.24, 2.45) is 0 Å². The lowest BCUT2D eigenvalue weighted by atomic mass is 10.2. The Hall–Kier alpha value is 0.0300. The van der Waals surface area contributed by atoms with Crippen LogP contribution < -0.4 is 0 Å². The summed E-state index contributed by atoms with van der Waals surface area (Å²) in [6, 6.07) is 0. The van der Waals surface area contributed by atoms with Gasteiger partial charge in [0, 0.05) is 9.77 Å². The lowest BCUT2D eigenvalue weighted by Crippen LogP contribution is -1.97. The third kappa shape index (κ3) is 1.85. The molecule has 0 unspecified atom stereocenters. The molecule has 1 aromatic rings. The van der Waals surface area contributed by atoms with Gasteiger partial charge < -0.3 is 0 Å². The lowest BCUT2D eigenvalue weighted by Gasteiger charge is -2.05. The van der Waals surface area contributed by atoms with Crippen LogP contribution in [-0.2, 0) is 0 Å². The highest BCUT2D eigenvalue weighted by Gasteiger charge is 2.15. The van der Waals surface area contributed by atoms with Crippen molar-refractivity contribution in [2.75, 3.05) is 0 Å². The highest BCUT2D eigenvalue weighted by molar-refractivity contribution is 14.1. The second-order valence-electron chi connectivity index (χ2n) is 2.23. The van der Waals surface area contributed by atoms with E-state index in [-0.39, 0.29) is 5.69 Å². The number of aromatic nitrogens is 1. The second kappa shape index (κ2) is 3.83. The van der Waals surface area contributed by atoms with Crippen LogP contribution in [0, 0.1) is 10.5 Å². The van der Waals surface area contributed by atoms with Gasteiger partial charge in [0.05, 0.1) is 5.02 Å². The van der Waals surface area contributed by atoms with Gasteiger partial charge in [0.1, 0.15) is 5.69 Å². The minimum atomic E-state index is -2.53. The lowest BCUT2D eigenvalue weighted by molar-refractivity contribution is 0.145. The van der Waals surface area contributed by atoms with Gasteiger partial charge in [-0.15, -0.1) is 0 Å². The van der Waals surface area contributed by atoms with Crippen molar-refractivity contribution in [3.8, 4) is 0 Å². The Morgan fingerprint density at radius 2 is 2.17 bits per heavy atom. The fourth-order valence-corrected chi connectivity index (χ4v) is 1.70. The van der Waals surface area contributed by atoms with E-state index in [1.165, 1.54) is 6.20 Å². The zero-order valence-corrected chi connectivity index (χ0v) is 9.03. The summed E-state index contributed by atoms with van der Waals surface area (Å²) in [5.41, 5.74) is 0.458. The maximum Gasteiger partial charge on any atom is 0.281 e. The molecule has 0 atom stereocenters. The van der Waals surface area contributed by atoms with Gasteiger partial charge in [0.15, 0.2) is 0 Å². The normalized spacial score (nSPS) is 10.8. The summed E-state index contributed by atoms with van der Waals surface area (Å²) < 4.78 is 24.9. The first-order valence-electron chi connectivity index (χ1n) is 3.12. The Balaban J connectivity index is 3.27. The van der Waals surface area contributed by atoms with Crippen molar-refractivity contribution in [1.29, 1.82) is 0 Å². The molecule has 0 aliphatic carbocycles. The Morgan fingerprint density at radius 1 is 1.58 bits per heavy atom. The molecule has 0 aliphatic rings. The molecule has 0 bridgehead atoms. The van der Waals surface area contributed by atoms with Crippen molar-refractivity contribution < 1.29 is 8.78 Å². The fraction of sp³-hybridized carbons (Fsp3) is 0.286. The van der Waals surface area contributed by atoms with E-state index in [0.717, 1.165) is 0 Å². The van der Waals surface area contributed by atoms with Crippen molar-refractivity contribution in [2.45, 2.75) is 13.3 Å². The Labute approximate surface area is 87.3 Å². The quantitative estimate of drug-likeness (QED) is 0.723. The summed E-state index contributed by atoms with van der Waals surface area (Å²) in [5, 5.41) is 0.420. The number of alkyl halides is 2. The average molecular weight is 303 g/mol. The van der Waals surface area contributed by atoms with Crippen LogP contribution in [0.1, 0.15) is 17.7 Å². The SMILES string of the molecule is Cc1c(Cl)cnc(C(F)F)c1I. The van der Waals surface area contributed by atoms with Gasteiger partial charge in [0.25, 0.3) is 6.43 Å². The Morgan fingerprint density at radius 3 is 2.67 bits per heavy atom. The van der Waals surface area contributed by atoms with E-state index in [0.29, 0.717) is 14.2 Å². The third-order valence-electron chi connectivity index (χ3n) is 1.44. The first kappa shape index (κ1) is 10.1. The largest absolute Gasteiger partial charge is 0.281 e. The van der Waals surface area contributed by atoms with Crippen LogP contribution in [0.5, 0.6) is 0 Å². The van der Waals surface area contributed by atoms with Crippen molar-refractivity contribution in [3.63, 3.8) is 0 Å². The molecule has 1 heterocycles. The highest BCUT2D eigenvalue weighted by atomic mass is 127. The Bertz CT molecular complexity index is 304. The topological polar surface area (TPSA) is 12.9 Å². The van der Waals surface area contributed by atoms with Gasteiger partial charge in [-0.05, 0) is 35.1 Å². The number of hydrogen-bond acceptors (Lipinski definition) is 1. The van der Waals surface area contributed by atoms with E-state index in [4.69, 9.17) is 11.6 Å². The number of nitrogens with zero attached hydrogens (tertiary/aromatic N) is 1. The molecule has 0 saturated carbocycles. The van der Waals surface area contributed by atoms with Gasteiger partial charge in [-0.25, -0.2) is 8.78 Å². The van der Waals surface area contributed by atoms with Gasteiger partial charge in [-0.2, -0.15) is 0 Å². The number of halogens is 4. The average Bonchev–Trinajstić information content (AvgIpc) is 2.00. The molecule has 0 saturated heterocycles. The first-order valence-corrected chi connectivity index (χ1v) is 4.58. The summed E-state index contributed by atoms with van der Waals surface area (Å²) in [6.07, 6.45) is -1.28. The number of hydrogen-bond donors (Lipinski definition) is 0. The van der Waals surface area contributed by atoms with E-state index in [1.54, 1.807) is 6.92 Å². The first-order chi connectivity index (χ1) is 5.54. The molecule has 0 aromatic carbocycles. The molecule has 0 fully saturated rings. The van der Waals surface area contributed by atoms with Gasteiger partial charge >= 0.3 is 0 Å². The molecule has 1 rings (SSSR count). The van der Waals surface area contributed by atoms with Gasteiger partial charge in [-0.1, -0.05) is 11.6 Å². The van der Waals surface area contributed by atoms with Crippen LogP contribution in [0.15, 0.2) is 6.20 Å². The van der Waals surface area contributed by atoms with Crippen LogP contribution in [-0.4, -0.2) is 4.98 Å². The molecular formula is C7H5ClF2IN. The van der Waals surface area contributed by atoms with E-state index in [9.17, 15) is 8.78 Å². The van der Waals surface area contributed by atoms with E-state index in [2.05, 4.69) is 4.98 Å². The molecule has 0 aliphatic heterocycles. The summed E-state index contributed by atoms with van der Waals surface area (Å²) in [7, 11) is 0. The van der Waals surface area contributed by atoms with Gasteiger partial charge in [0.2, 0.25) is 0 Å². The summed E-state index contributed by atoms with van der Waals surface area (Å²) in [4.78, 5) is 3.55. The highest BCUT2D eigenvalue weighted by Crippen LogP contribution is 2.28. The molecule has 0 amide bonds. The maximum absolute atomic E-state index is 12.2. The molecule has 0 radical (unpaired) electrons. The maximum atomic E-state index is 12.2. The third-order valence-corrected chi connectivity index (χ3v) is 3.18. The molecule has 1 aromatic heterocycles. The standard InChI is InChI=1S/C7H5ClF2IN/c1-3-4(8)2-12-6(5(3)11)7(9)10/h2,7H,1H3. The molecular weight excluding hydrogens is 298 g/mol. The predicted molar refractivity (Wildman–Crippen MR) is 51.7 cm³/mol. The van der Waals surface area contributed by atoms with Crippen molar-refractivity contribution >= 4 is 34.2 Å². The Kier molecular flexibility index (Phi) is 3.22. The van der Waals surface area contributed by atoms with Crippen LogP contribution in [0.2, 0.25) is 5.02 Å². The fourth-order valence-electron chi connectivity index (χ4n) is 0.729. The molecule has 5 heteroatoms. The molecule has 1 nitrogen and oxygen atoms in total. The van der Waals surface area contributed by atoms with Crippen molar-refractivity contribution in [3.05, 3.63) is 26.0 Å². The molecule has 0 spiro atoms. The summed E-state index contributed by atoms with van der Waals surface area (Å²) >= 11 is 7.50. The molecule has 12 heavy (non-hydrogen) atoms. The molecule has 0 N–H and O–H groups in total. The van der Waals surface area contributed by atoms with Crippen LogP contribution in [0.3, 0.4) is 0 Å². The molecule has 66 valence electrons. The number of pyridine rings is 1. The van der Waals surface area contributed by atoms with E-state index in [1.807, 2.05) is 22.6 Å². The zero-order chi connectivity index (χ0) is 9.30. The van der Waals surface area contributed by atoms with Crippen molar-refractivity contribution in [1.82, 2.24) is 4.98 Å². The zero-order valence-electron chi connectivity index (χ0n) is 6.11. The number of rotatable bonds is 1. The van der Waals surface area contributed by atoms with E-state index < -0.39 is 6.43 Å².